The Balaban J connectivity index is 2.01. The minimum Gasteiger partial charge on any atom is -0.476 e. The van der Waals surface area contributed by atoms with E-state index in [0.717, 1.165) is 16.4 Å². The van der Waals surface area contributed by atoms with Gasteiger partial charge in [0.2, 0.25) is 5.69 Å². The number of aromatic carboxylic acids is 1. The molecule has 0 aliphatic carbocycles. The van der Waals surface area contributed by atoms with Crippen molar-refractivity contribution in [2.24, 2.45) is 0 Å². The van der Waals surface area contributed by atoms with Crippen LogP contribution >= 0.6 is 0 Å². The number of rotatable bonds is 6. The Bertz CT molecular complexity index is 592. The van der Waals surface area contributed by atoms with Gasteiger partial charge in [-0.2, -0.15) is 5.10 Å². The average Bonchev–Trinajstić information content (AvgIpc) is 2.85. The van der Waals surface area contributed by atoms with Gasteiger partial charge in [0.25, 0.3) is 0 Å². The zero-order valence-electron chi connectivity index (χ0n) is 10.3. The second-order valence-electron chi connectivity index (χ2n) is 3.93. The number of carboxylic acids is 1. The summed E-state index contributed by atoms with van der Waals surface area (Å²) in [6.07, 6.45) is 1.04. The van der Waals surface area contributed by atoms with Gasteiger partial charge in [0.05, 0.1) is 11.5 Å². The van der Waals surface area contributed by atoms with Gasteiger partial charge in [-0.25, -0.2) is 9.48 Å². The molecule has 0 saturated heterocycles. The Labute approximate surface area is 113 Å². The quantitative estimate of drug-likeness (QED) is 0.635. The lowest BCUT2D eigenvalue weighted by molar-refractivity contribution is -0.385. The number of nitro groups is 1. The second kappa shape index (κ2) is 5.93. The third kappa shape index (κ3) is 3.18. The first kappa shape index (κ1) is 13.7. The SMILES string of the molecule is O=C(O)c1nn(COCc2ccccc2)cc1[N+](=O)[O-]. The molecule has 0 atom stereocenters. The number of carboxylic acid groups (broad SMARTS) is 1. The van der Waals surface area contributed by atoms with Crippen LogP contribution in [0.15, 0.2) is 36.5 Å². The van der Waals surface area contributed by atoms with E-state index in [9.17, 15) is 14.9 Å². The Morgan fingerprint density at radius 3 is 2.65 bits per heavy atom. The van der Waals surface area contributed by atoms with E-state index in [2.05, 4.69) is 5.10 Å². The van der Waals surface area contributed by atoms with Gasteiger partial charge in [0.1, 0.15) is 12.9 Å². The summed E-state index contributed by atoms with van der Waals surface area (Å²) in [5.41, 5.74) is -0.216. The third-order valence-electron chi connectivity index (χ3n) is 2.48. The summed E-state index contributed by atoms with van der Waals surface area (Å²) in [6.45, 7) is 0.236. The van der Waals surface area contributed by atoms with Crippen molar-refractivity contribution in [3.8, 4) is 0 Å². The van der Waals surface area contributed by atoms with Gasteiger partial charge in [-0.15, -0.1) is 0 Å². The highest BCUT2D eigenvalue weighted by molar-refractivity contribution is 5.89. The summed E-state index contributed by atoms with van der Waals surface area (Å²) in [7, 11) is 0. The van der Waals surface area contributed by atoms with E-state index in [1.165, 1.54) is 0 Å². The molecule has 1 aromatic heterocycles. The highest BCUT2D eigenvalue weighted by Crippen LogP contribution is 2.16. The molecule has 2 rings (SSSR count). The van der Waals surface area contributed by atoms with Crippen LogP contribution < -0.4 is 0 Å². The van der Waals surface area contributed by atoms with Gasteiger partial charge in [-0.05, 0) is 5.56 Å². The Morgan fingerprint density at radius 1 is 1.40 bits per heavy atom. The highest BCUT2D eigenvalue weighted by Gasteiger charge is 2.25. The molecule has 0 saturated carbocycles. The molecule has 0 bridgehead atoms. The standard InChI is InChI=1S/C12H11N3O5/c16-12(17)11-10(15(18)19)6-14(13-11)8-20-7-9-4-2-1-3-5-9/h1-6H,7-8H2,(H,16,17). The number of hydrogen-bond donors (Lipinski definition) is 1. The molecule has 0 fully saturated rings. The number of benzene rings is 1. The minimum absolute atomic E-state index is 0.0665. The van der Waals surface area contributed by atoms with Crippen LogP contribution in [0.2, 0.25) is 0 Å². The maximum absolute atomic E-state index is 10.8. The van der Waals surface area contributed by atoms with Crippen LogP contribution in [0.25, 0.3) is 0 Å². The Morgan fingerprint density at radius 2 is 2.10 bits per heavy atom. The molecule has 2 aromatic rings. The van der Waals surface area contributed by atoms with Gasteiger partial charge in [0.15, 0.2) is 0 Å². The lowest BCUT2D eigenvalue weighted by Crippen LogP contribution is -2.06. The first-order valence-electron chi connectivity index (χ1n) is 5.64. The molecule has 1 heterocycles. The van der Waals surface area contributed by atoms with Crippen molar-refractivity contribution >= 4 is 11.7 Å². The molecule has 20 heavy (non-hydrogen) atoms. The number of hydrogen-bond acceptors (Lipinski definition) is 5. The largest absolute Gasteiger partial charge is 0.476 e. The van der Waals surface area contributed by atoms with Crippen molar-refractivity contribution in [2.75, 3.05) is 0 Å². The Hall–Kier alpha value is -2.74. The molecule has 0 aliphatic rings. The minimum atomic E-state index is -1.45. The fraction of sp³-hybridized carbons (Fsp3) is 0.167. The average molecular weight is 277 g/mol. The van der Waals surface area contributed by atoms with E-state index in [4.69, 9.17) is 9.84 Å². The van der Waals surface area contributed by atoms with Crippen LogP contribution in [-0.2, 0) is 18.1 Å². The van der Waals surface area contributed by atoms with Crippen LogP contribution in [0, 0.1) is 10.1 Å². The molecule has 8 nitrogen and oxygen atoms in total. The molecule has 0 radical (unpaired) electrons. The fourth-order valence-corrected chi connectivity index (χ4v) is 1.59. The summed E-state index contributed by atoms with van der Waals surface area (Å²) in [5.74, 6) is -1.45. The Kier molecular flexibility index (Phi) is 4.06. The van der Waals surface area contributed by atoms with Crippen LogP contribution in [-0.4, -0.2) is 25.8 Å². The third-order valence-corrected chi connectivity index (χ3v) is 2.48. The van der Waals surface area contributed by atoms with Gasteiger partial charge in [-0.3, -0.25) is 10.1 Å². The van der Waals surface area contributed by atoms with Crippen molar-refractivity contribution in [2.45, 2.75) is 13.3 Å². The first-order valence-corrected chi connectivity index (χ1v) is 5.64. The number of carbonyl (C=O) groups is 1. The number of aromatic nitrogens is 2. The summed E-state index contributed by atoms with van der Waals surface area (Å²) >= 11 is 0. The maximum atomic E-state index is 10.8. The molecular formula is C12H11N3O5. The zero-order chi connectivity index (χ0) is 14.5. The lowest BCUT2D eigenvalue weighted by atomic mass is 10.2. The van der Waals surface area contributed by atoms with Crippen molar-refractivity contribution in [3.05, 3.63) is 57.9 Å². The normalized spacial score (nSPS) is 10.4. The molecule has 8 heteroatoms. The smallest absolute Gasteiger partial charge is 0.363 e. The van der Waals surface area contributed by atoms with E-state index in [0.29, 0.717) is 6.61 Å². The summed E-state index contributed by atoms with van der Waals surface area (Å²) in [6, 6.07) is 9.34. The summed E-state index contributed by atoms with van der Waals surface area (Å²) < 4.78 is 6.41. The van der Waals surface area contributed by atoms with E-state index >= 15 is 0 Å². The van der Waals surface area contributed by atoms with E-state index < -0.39 is 22.3 Å². The van der Waals surface area contributed by atoms with Gasteiger partial charge < -0.3 is 9.84 Å². The predicted octanol–water partition coefficient (Wildman–Crippen LogP) is 1.66. The highest BCUT2D eigenvalue weighted by atomic mass is 16.6. The van der Waals surface area contributed by atoms with Crippen LogP contribution in [0.4, 0.5) is 5.69 Å². The maximum Gasteiger partial charge on any atom is 0.363 e. The molecule has 0 unspecified atom stereocenters. The van der Waals surface area contributed by atoms with Crippen LogP contribution in [0.3, 0.4) is 0 Å². The van der Waals surface area contributed by atoms with Gasteiger partial charge >= 0.3 is 11.7 Å². The van der Waals surface area contributed by atoms with E-state index in [-0.39, 0.29) is 6.73 Å². The monoisotopic (exact) mass is 277 g/mol. The topological polar surface area (TPSA) is 107 Å². The first-order chi connectivity index (χ1) is 9.58. The van der Waals surface area contributed by atoms with Gasteiger partial charge in [0, 0.05) is 0 Å². The number of ether oxygens (including phenoxy) is 1. The molecule has 0 spiro atoms. The van der Waals surface area contributed by atoms with Crippen molar-refractivity contribution in [1.82, 2.24) is 9.78 Å². The van der Waals surface area contributed by atoms with Gasteiger partial charge in [-0.1, -0.05) is 30.3 Å². The molecule has 0 aliphatic heterocycles. The second-order valence-corrected chi connectivity index (χ2v) is 3.93. The molecule has 0 amide bonds. The zero-order valence-corrected chi connectivity index (χ0v) is 10.3. The van der Waals surface area contributed by atoms with Crippen LogP contribution in [0.1, 0.15) is 16.1 Å². The molecule has 104 valence electrons. The number of nitrogens with zero attached hydrogens (tertiary/aromatic N) is 3. The van der Waals surface area contributed by atoms with Crippen LogP contribution in [0.5, 0.6) is 0 Å². The molecule has 1 aromatic carbocycles. The summed E-state index contributed by atoms with van der Waals surface area (Å²) in [5, 5.41) is 23.1. The van der Waals surface area contributed by atoms with Crippen molar-refractivity contribution in [1.29, 1.82) is 0 Å². The fourth-order valence-electron chi connectivity index (χ4n) is 1.59. The lowest BCUT2D eigenvalue weighted by Gasteiger charge is -2.03. The predicted molar refractivity (Wildman–Crippen MR) is 67.1 cm³/mol. The van der Waals surface area contributed by atoms with Crippen molar-refractivity contribution < 1.29 is 19.6 Å². The van der Waals surface area contributed by atoms with Crippen molar-refractivity contribution in [3.63, 3.8) is 0 Å². The summed E-state index contributed by atoms with van der Waals surface area (Å²) in [4.78, 5) is 20.7. The molecular weight excluding hydrogens is 266 g/mol. The molecule has 1 N–H and O–H groups in total. The van der Waals surface area contributed by atoms with E-state index in [1.807, 2.05) is 30.3 Å². The van der Waals surface area contributed by atoms with E-state index in [1.54, 1.807) is 0 Å².